The lowest BCUT2D eigenvalue weighted by molar-refractivity contribution is -0.0923. The molecule has 0 spiro atoms. The predicted octanol–water partition coefficient (Wildman–Crippen LogP) is 7.38. The van der Waals surface area contributed by atoms with E-state index in [9.17, 15) is 10.2 Å². The van der Waals surface area contributed by atoms with Crippen LogP contribution < -0.4 is 4.74 Å². The van der Waals surface area contributed by atoms with Crippen molar-refractivity contribution in [3.8, 4) is 5.75 Å². The monoisotopic (exact) mass is 637 g/mol. The second-order valence-corrected chi connectivity index (χ2v) is 11.3. The molecule has 0 saturated heterocycles. The highest BCUT2D eigenvalue weighted by atomic mass is 79.9. The molecule has 4 aromatic rings. The van der Waals surface area contributed by atoms with E-state index in [1.54, 1.807) is 6.92 Å². The van der Waals surface area contributed by atoms with Crippen LogP contribution in [0.2, 0.25) is 0 Å². The number of benzene rings is 4. The van der Waals surface area contributed by atoms with Crippen molar-refractivity contribution in [2.45, 2.75) is 44.2 Å². The fourth-order valence-corrected chi connectivity index (χ4v) is 5.27. The van der Waals surface area contributed by atoms with Gasteiger partial charge in [0.25, 0.3) is 0 Å². The SMILES string of the molecule is CC(O)C(Oc1ccccc1)N(Cc1ccccc1)[C@H](CO)CC(c1ccc(Br)cc1)c1ccc(Br)cc1. The first-order valence-electron chi connectivity index (χ1n) is 12.8. The van der Waals surface area contributed by atoms with E-state index in [2.05, 4.69) is 73.2 Å². The van der Waals surface area contributed by atoms with Gasteiger partial charge in [-0.05, 0) is 66.4 Å². The number of hydrogen-bond acceptors (Lipinski definition) is 4. The lowest BCUT2D eigenvalue weighted by Gasteiger charge is -2.40. The zero-order valence-electron chi connectivity index (χ0n) is 21.3. The smallest absolute Gasteiger partial charge is 0.179 e. The second-order valence-electron chi connectivity index (χ2n) is 9.45. The number of para-hydroxylation sites is 1. The summed E-state index contributed by atoms with van der Waals surface area (Å²) in [6.45, 7) is 2.17. The van der Waals surface area contributed by atoms with Gasteiger partial charge in [0.1, 0.15) is 11.9 Å². The first-order chi connectivity index (χ1) is 18.4. The average Bonchev–Trinajstić information content (AvgIpc) is 2.94. The summed E-state index contributed by atoms with van der Waals surface area (Å²) in [7, 11) is 0. The molecule has 0 aliphatic rings. The molecule has 0 bridgehead atoms. The van der Waals surface area contributed by atoms with E-state index in [1.165, 1.54) is 0 Å². The lowest BCUT2D eigenvalue weighted by Crippen LogP contribution is -2.52. The van der Waals surface area contributed by atoms with Crippen molar-refractivity contribution in [1.29, 1.82) is 0 Å². The number of aliphatic hydroxyl groups excluding tert-OH is 2. The molecule has 2 N–H and O–H groups in total. The van der Waals surface area contributed by atoms with Crippen LogP contribution in [0.5, 0.6) is 5.75 Å². The molecule has 4 aromatic carbocycles. The Kier molecular flexibility index (Phi) is 10.6. The fourth-order valence-electron chi connectivity index (χ4n) is 4.74. The first kappa shape index (κ1) is 28.5. The van der Waals surface area contributed by atoms with Crippen molar-refractivity contribution in [1.82, 2.24) is 4.90 Å². The van der Waals surface area contributed by atoms with Crippen molar-refractivity contribution >= 4 is 31.9 Å². The molecule has 0 aliphatic carbocycles. The van der Waals surface area contributed by atoms with Crippen LogP contribution in [-0.2, 0) is 6.54 Å². The summed E-state index contributed by atoms with van der Waals surface area (Å²) < 4.78 is 8.41. The van der Waals surface area contributed by atoms with Crippen LogP contribution in [0.15, 0.2) is 118 Å². The van der Waals surface area contributed by atoms with Crippen LogP contribution in [0, 0.1) is 0 Å². The highest BCUT2D eigenvalue weighted by molar-refractivity contribution is 9.10. The summed E-state index contributed by atoms with van der Waals surface area (Å²) in [5.74, 6) is 0.698. The maximum absolute atomic E-state index is 10.9. The summed E-state index contributed by atoms with van der Waals surface area (Å²) in [4.78, 5) is 2.09. The topological polar surface area (TPSA) is 52.9 Å². The van der Waals surface area contributed by atoms with Gasteiger partial charge >= 0.3 is 0 Å². The Balaban J connectivity index is 1.72. The number of halogens is 2. The van der Waals surface area contributed by atoms with Gasteiger partial charge in [0.2, 0.25) is 0 Å². The molecule has 4 rings (SSSR count). The largest absolute Gasteiger partial charge is 0.472 e. The molecule has 3 atom stereocenters. The van der Waals surface area contributed by atoms with Gasteiger partial charge in [-0.15, -0.1) is 0 Å². The van der Waals surface area contributed by atoms with Gasteiger partial charge in [0, 0.05) is 27.4 Å². The quantitative estimate of drug-likeness (QED) is 0.159. The minimum atomic E-state index is -0.799. The average molecular weight is 639 g/mol. The molecular formula is C32H33Br2NO3. The van der Waals surface area contributed by atoms with E-state index in [4.69, 9.17) is 4.74 Å². The number of rotatable bonds is 12. The summed E-state index contributed by atoms with van der Waals surface area (Å²) in [5.41, 5.74) is 3.40. The van der Waals surface area contributed by atoms with E-state index >= 15 is 0 Å². The molecule has 38 heavy (non-hydrogen) atoms. The third kappa shape index (κ3) is 7.78. The van der Waals surface area contributed by atoms with Crippen molar-refractivity contribution in [3.05, 3.63) is 135 Å². The van der Waals surface area contributed by atoms with Crippen LogP contribution in [0.3, 0.4) is 0 Å². The Bertz CT molecular complexity index is 1190. The zero-order chi connectivity index (χ0) is 26.9. The Morgan fingerprint density at radius 2 is 1.24 bits per heavy atom. The Morgan fingerprint density at radius 1 is 0.737 bits per heavy atom. The molecule has 0 aliphatic heterocycles. The summed E-state index contributed by atoms with van der Waals surface area (Å²) in [5, 5.41) is 21.7. The number of ether oxygens (including phenoxy) is 1. The van der Waals surface area contributed by atoms with Crippen molar-refractivity contribution < 1.29 is 14.9 Å². The van der Waals surface area contributed by atoms with Gasteiger partial charge in [-0.2, -0.15) is 0 Å². The maximum Gasteiger partial charge on any atom is 0.179 e. The van der Waals surface area contributed by atoms with Gasteiger partial charge in [0.05, 0.1) is 6.61 Å². The zero-order valence-corrected chi connectivity index (χ0v) is 24.5. The van der Waals surface area contributed by atoms with Gasteiger partial charge in [0.15, 0.2) is 6.23 Å². The summed E-state index contributed by atoms with van der Waals surface area (Å²) in [6, 6.07) is 36.0. The maximum atomic E-state index is 10.9. The number of nitrogens with zero attached hydrogens (tertiary/aromatic N) is 1. The molecule has 2 unspecified atom stereocenters. The van der Waals surface area contributed by atoms with E-state index < -0.39 is 12.3 Å². The third-order valence-electron chi connectivity index (χ3n) is 6.68. The molecule has 0 saturated carbocycles. The molecule has 0 fully saturated rings. The molecule has 0 heterocycles. The first-order valence-corrected chi connectivity index (χ1v) is 14.3. The van der Waals surface area contributed by atoms with E-state index in [-0.39, 0.29) is 18.6 Å². The highest BCUT2D eigenvalue weighted by Crippen LogP contribution is 2.34. The Hall–Kier alpha value is -2.48. The number of hydrogen-bond donors (Lipinski definition) is 2. The van der Waals surface area contributed by atoms with Gasteiger partial charge < -0.3 is 14.9 Å². The van der Waals surface area contributed by atoms with Gasteiger partial charge in [-0.3, -0.25) is 4.90 Å². The highest BCUT2D eigenvalue weighted by Gasteiger charge is 2.33. The van der Waals surface area contributed by atoms with Crippen LogP contribution in [0.4, 0.5) is 0 Å². The standard InChI is InChI=1S/C32H33Br2NO3/c1-23(37)32(38-30-10-6-3-7-11-30)35(21-24-8-4-2-5-9-24)29(22-36)20-31(25-12-16-27(33)17-13-25)26-14-18-28(34)19-15-26/h2-19,23,29,31-32,36-37H,20-22H2,1H3/t23?,29-,32?/m0/s1. The van der Waals surface area contributed by atoms with Crippen molar-refractivity contribution in [2.24, 2.45) is 0 Å². The van der Waals surface area contributed by atoms with Crippen molar-refractivity contribution in [2.75, 3.05) is 6.61 Å². The van der Waals surface area contributed by atoms with Crippen LogP contribution >= 0.6 is 31.9 Å². The number of aliphatic hydroxyl groups is 2. The molecule has 0 amide bonds. The van der Waals surface area contributed by atoms with E-state index in [1.807, 2.05) is 72.8 Å². The summed E-state index contributed by atoms with van der Waals surface area (Å²) >= 11 is 7.11. The second kappa shape index (κ2) is 14.1. The Morgan fingerprint density at radius 3 is 1.71 bits per heavy atom. The minimum absolute atomic E-state index is 0.0259. The van der Waals surface area contributed by atoms with Gasteiger partial charge in [-0.1, -0.05) is 105 Å². The Labute approximate surface area is 242 Å². The minimum Gasteiger partial charge on any atom is -0.472 e. The fraction of sp³-hybridized carbons (Fsp3) is 0.250. The predicted molar refractivity (Wildman–Crippen MR) is 160 cm³/mol. The third-order valence-corrected chi connectivity index (χ3v) is 7.74. The van der Waals surface area contributed by atoms with E-state index in [0.717, 1.165) is 25.6 Å². The van der Waals surface area contributed by atoms with Crippen LogP contribution in [-0.4, -0.2) is 40.1 Å². The van der Waals surface area contributed by atoms with Crippen LogP contribution in [0.1, 0.15) is 36.0 Å². The van der Waals surface area contributed by atoms with Gasteiger partial charge in [-0.25, -0.2) is 0 Å². The van der Waals surface area contributed by atoms with E-state index in [0.29, 0.717) is 18.7 Å². The summed E-state index contributed by atoms with van der Waals surface area (Å²) in [6.07, 6.45) is -0.828. The lowest BCUT2D eigenvalue weighted by atomic mass is 9.85. The van der Waals surface area contributed by atoms with Crippen molar-refractivity contribution in [3.63, 3.8) is 0 Å². The molecule has 198 valence electrons. The molecule has 6 heteroatoms. The molecule has 4 nitrogen and oxygen atoms in total. The molecular weight excluding hydrogens is 606 g/mol. The van der Waals surface area contributed by atoms with Crippen LogP contribution in [0.25, 0.3) is 0 Å². The molecule has 0 aromatic heterocycles. The normalized spacial score (nSPS) is 13.9. The molecule has 0 radical (unpaired) electrons.